The lowest BCUT2D eigenvalue weighted by Crippen LogP contribution is -2.53. The SMILES string of the molecule is CCN1CCOCC1C(=O)NCc1nc(C)c(C)s1. The van der Waals surface area contributed by atoms with Crippen molar-refractivity contribution in [1.82, 2.24) is 15.2 Å². The highest BCUT2D eigenvalue weighted by Crippen LogP contribution is 2.16. The summed E-state index contributed by atoms with van der Waals surface area (Å²) < 4.78 is 5.40. The third-order valence-electron chi connectivity index (χ3n) is 3.43. The van der Waals surface area contributed by atoms with Crippen molar-refractivity contribution in [3.8, 4) is 0 Å². The molecule has 1 aromatic rings. The molecule has 0 aromatic carbocycles. The number of nitrogens with zero attached hydrogens (tertiary/aromatic N) is 2. The van der Waals surface area contributed by atoms with Gasteiger partial charge in [0.2, 0.25) is 5.91 Å². The lowest BCUT2D eigenvalue weighted by atomic mass is 10.2. The van der Waals surface area contributed by atoms with Crippen LogP contribution in [-0.4, -0.2) is 48.1 Å². The number of nitrogens with one attached hydrogen (secondary N) is 1. The number of thiazole rings is 1. The number of ether oxygens (including phenoxy) is 1. The molecule has 1 N–H and O–H groups in total. The summed E-state index contributed by atoms with van der Waals surface area (Å²) in [6.45, 7) is 9.50. The van der Waals surface area contributed by atoms with Crippen molar-refractivity contribution in [3.63, 3.8) is 0 Å². The van der Waals surface area contributed by atoms with E-state index < -0.39 is 0 Å². The first-order chi connectivity index (χ1) is 9.11. The number of carbonyl (C=O) groups excluding carboxylic acids is 1. The van der Waals surface area contributed by atoms with E-state index in [1.54, 1.807) is 11.3 Å². The highest BCUT2D eigenvalue weighted by atomic mass is 32.1. The topological polar surface area (TPSA) is 54.5 Å². The number of amides is 1. The zero-order valence-corrected chi connectivity index (χ0v) is 12.5. The highest BCUT2D eigenvalue weighted by molar-refractivity contribution is 7.11. The summed E-state index contributed by atoms with van der Waals surface area (Å²) in [6, 6.07) is -0.166. The van der Waals surface area contributed by atoms with Crippen LogP contribution < -0.4 is 5.32 Å². The summed E-state index contributed by atoms with van der Waals surface area (Å²) in [5, 5.41) is 3.92. The molecule has 5 nitrogen and oxygen atoms in total. The summed E-state index contributed by atoms with van der Waals surface area (Å²) in [5.41, 5.74) is 1.05. The maximum atomic E-state index is 12.2. The van der Waals surface area contributed by atoms with Crippen molar-refractivity contribution in [2.75, 3.05) is 26.3 Å². The van der Waals surface area contributed by atoms with Crippen LogP contribution in [0.4, 0.5) is 0 Å². The van der Waals surface area contributed by atoms with Crippen LogP contribution >= 0.6 is 11.3 Å². The monoisotopic (exact) mass is 283 g/mol. The molecule has 0 aliphatic carbocycles. The molecule has 0 bridgehead atoms. The third kappa shape index (κ3) is 3.52. The van der Waals surface area contributed by atoms with Crippen LogP contribution in [0, 0.1) is 13.8 Å². The zero-order chi connectivity index (χ0) is 13.8. The van der Waals surface area contributed by atoms with Crippen LogP contribution in [0.25, 0.3) is 0 Å². The number of aryl methyl sites for hydroxylation is 2. The fraction of sp³-hybridized carbons (Fsp3) is 0.692. The molecule has 1 aromatic heterocycles. The zero-order valence-electron chi connectivity index (χ0n) is 11.7. The van der Waals surface area contributed by atoms with Gasteiger partial charge in [-0.25, -0.2) is 4.98 Å². The van der Waals surface area contributed by atoms with E-state index in [9.17, 15) is 4.79 Å². The summed E-state index contributed by atoms with van der Waals surface area (Å²) >= 11 is 1.64. The molecule has 0 spiro atoms. The Kier molecular flexibility index (Phi) is 4.90. The third-order valence-corrected chi connectivity index (χ3v) is 4.51. The van der Waals surface area contributed by atoms with Crippen molar-refractivity contribution >= 4 is 17.2 Å². The number of aromatic nitrogens is 1. The molecule has 6 heteroatoms. The molecule has 1 fully saturated rings. The molecule has 1 aliphatic rings. The van der Waals surface area contributed by atoms with Gasteiger partial charge in [0.05, 0.1) is 25.5 Å². The van der Waals surface area contributed by atoms with Crippen molar-refractivity contribution in [2.24, 2.45) is 0 Å². The number of carbonyl (C=O) groups is 1. The van der Waals surface area contributed by atoms with Gasteiger partial charge in [0.25, 0.3) is 0 Å². The number of hydrogen-bond acceptors (Lipinski definition) is 5. The van der Waals surface area contributed by atoms with E-state index in [0.29, 0.717) is 19.8 Å². The van der Waals surface area contributed by atoms with Crippen LogP contribution in [0.5, 0.6) is 0 Å². The van der Waals surface area contributed by atoms with E-state index in [1.807, 2.05) is 13.8 Å². The molecule has 1 saturated heterocycles. The van der Waals surface area contributed by atoms with E-state index in [-0.39, 0.29) is 11.9 Å². The van der Waals surface area contributed by atoms with E-state index in [2.05, 4.69) is 22.1 Å². The minimum absolute atomic E-state index is 0.0343. The van der Waals surface area contributed by atoms with Gasteiger partial charge in [-0.05, 0) is 20.4 Å². The Bertz CT molecular complexity index is 428. The Morgan fingerprint density at radius 3 is 3.00 bits per heavy atom. The molecule has 106 valence electrons. The molecule has 1 unspecified atom stereocenters. The first kappa shape index (κ1) is 14.4. The summed E-state index contributed by atoms with van der Waals surface area (Å²) in [7, 11) is 0. The number of rotatable bonds is 4. The Balaban J connectivity index is 1.89. The molecule has 19 heavy (non-hydrogen) atoms. The second-order valence-electron chi connectivity index (χ2n) is 4.69. The maximum Gasteiger partial charge on any atom is 0.240 e. The largest absolute Gasteiger partial charge is 0.378 e. The predicted molar refractivity (Wildman–Crippen MR) is 75.3 cm³/mol. The van der Waals surface area contributed by atoms with E-state index in [4.69, 9.17) is 4.74 Å². The Morgan fingerprint density at radius 2 is 2.37 bits per heavy atom. The molecule has 1 aliphatic heterocycles. The lowest BCUT2D eigenvalue weighted by molar-refractivity contribution is -0.132. The maximum absolute atomic E-state index is 12.2. The number of likely N-dealkylation sites (N-methyl/N-ethyl adjacent to an activating group) is 1. The Hall–Kier alpha value is -0.980. The van der Waals surface area contributed by atoms with Crippen molar-refractivity contribution in [1.29, 1.82) is 0 Å². The van der Waals surface area contributed by atoms with Gasteiger partial charge in [0, 0.05) is 11.4 Å². The van der Waals surface area contributed by atoms with Crippen LogP contribution in [0.3, 0.4) is 0 Å². The molecule has 2 rings (SSSR count). The normalized spacial score (nSPS) is 20.5. The van der Waals surface area contributed by atoms with Gasteiger partial charge in [-0.2, -0.15) is 0 Å². The average molecular weight is 283 g/mol. The minimum Gasteiger partial charge on any atom is -0.378 e. The standard InChI is InChI=1S/C13H21N3O2S/c1-4-16-5-6-18-8-11(16)13(17)14-7-12-15-9(2)10(3)19-12/h11H,4-8H2,1-3H3,(H,14,17). The van der Waals surface area contributed by atoms with Gasteiger partial charge in [-0.3, -0.25) is 9.69 Å². The lowest BCUT2D eigenvalue weighted by Gasteiger charge is -2.33. The number of morpholine rings is 1. The number of hydrogen-bond donors (Lipinski definition) is 1. The predicted octanol–water partition coefficient (Wildman–Crippen LogP) is 1.10. The molecular formula is C13H21N3O2S. The van der Waals surface area contributed by atoms with Crippen molar-refractivity contribution < 1.29 is 9.53 Å². The van der Waals surface area contributed by atoms with Gasteiger partial charge in [-0.15, -0.1) is 11.3 Å². The smallest absolute Gasteiger partial charge is 0.240 e. The summed E-state index contributed by atoms with van der Waals surface area (Å²) in [6.07, 6.45) is 0. The Labute approximate surface area is 118 Å². The first-order valence-electron chi connectivity index (χ1n) is 6.64. The van der Waals surface area contributed by atoms with Gasteiger partial charge in [0.15, 0.2) is 0 Å². The summed E-state index contributed by atoms with van der Waals surface area (Å²) in [4.78, 5) is 20.0. The molecule has 2 heterocycles. The second kappa shape index (κ2) is 6.45. The van der Waals surface area contributed by atoms with Gasteiger partial charge < -0.3 is 10.1 Å². The quantitative estimate of drug-likeness (QED) is 0.899. The van der Waals surface area contributed by atoms with Crippen LogP contribution in [0.1, 0.15) is 22.5 Å². The van der Waals surface area contributed by atoms with E-state index >= 15 is 0 Å². The highest BCUT2D eigenvalue weighted by Gasteiger charge is 2.28. The van der Waals surface area contributed by atoms with E-state index in [1.165, 1.54) is 4.88 Å². The second-order valence-corrected chi connectivity index (χ2v) is 5.97. The van der Waals surface area contributed by atoms with Crippen molar-refractivity contribution in [2.45, 2.75) is 33.4 Å². The van der Waals surface area contributed by atoms with Gasteiger partial charge >= 0.3 is 0 Å². The molecule has 0 radical (unpaired) electrons. The fourth-order valence-corrected chi connectivity index (χ4v) is 3.03. The van der Waals surface area contributed by atoms with E-state index in [0.717, 1.165) is 23.8 Å². The molecule has 1 atom stereocenters. The molecule has 0 saturated carbocycles. The summed E-state index contributed by atoms with van der Waals surface area (Å²) in [5.74, 6) is 0.0343. The van der Waals surface area contributed by atoms with Crippen LogP contribution in [0.2, 0.25) is 0 Å². The first-order valence-corrected chi connectivity index (χ1v) is 7.46. The van der Waals surface area contributed by atoms with Gasteiger partial charge in [-0.1, -0.05) is 6.92 Å². The van der Waals surface area contributed by atoms with Crippen LogP contribution in [-0.2, 0) is 16.1 Å². The Morgan fingerprint density at radius 1 is 1.58 bits per heavy atom. The van der Waals surface area contributed by atoms with Crippen LogP contribution in [0.15, 0.2) is 0 Å². The van der Waals surface area contributed by atoms with Gasteiger partial charge in [0.1, 0.15) is 11.0 Å². The van der Waals surface area contributed by atoms with Crippen molar-refractivity contribution in [3.05, 3.63) is 15.6 Å². The minimum atomic E-state index is -0.166. The molecular weight excluding hydrogens is 262 g/mol. The average Bonchev–Trinajstić information content (AvgIpc) is 2.75. The fourth-order valence-electron chi connectivity index (χ4n) is 2.15. The molecule has 1 amide bonds.